The van der Waals surface area contributed by atoms with Crippen molar-refractivity contribution >= 4 is 19.2 Å². The third-order valence-corrected chi connectivity index (χ3v) is 6.54. The largest absolute Gasteiger partial charge is 0.0689 e. The highest BCUT2D eigenvalue weighted by Gasteiger charge is 2.33. The molecule has 96 valence electrons. The lowest BCUT2D eigenvalue weighted by atomic mass is 9.97. The summed E-state index contributed by atoms with van der Waals surface area (Å²) in [5, 5.41) is 0. The van der Waals surface area contributed by atoms with Crippen molar-refractivity contribution < 1.29 is 0 Å². The first kappa shape index (κ1) is 12.4. The standard InChI is InChI=1S/C18H20Si/c1-19(2)13-17(15-9-5-3-6-10-15)18(14-19)16-11-7-4-8-12-16/h3-12H,13-14H2,1-2H3. The molecule has 0 saturated carbocycles. The molecule has 2 aromatic carbocycles. The van der Waals surface area contributed by atoms with Gasteiger partial charge in [-0.3, -0.25) is 0 Å². The van der Waals surface area contributed by atoms with Gasteiger partial charge in [-0.15, -0.1) is 0 Å². The van der Waals surface area contributed by atoms with Crippen molar-refractivity contribution in [1.29, 1.82) is 0 Å². The lowest BCUT2D eigenvalue weighted by molar-refractivity contribution is 1.51. The van der Waals surface area contributed by atoms with Crippen molar-refractivity contribution in [3.05, 3.63) is 71.8 Å². The molecule has 0 N–H and O–H groups in total. The molecular formula is C18H20Si. The van der Waals surface area contributed by atoms with Crippen LogP contribution in [0.3, 0.4) is 0 Å². The van der Waals surface area contributed by atoms with E-state index in [4.69, 9.17) is 0 Å². The van der Waals surface area contributed by atoms with E-state index in [2.05, 4.69) is 73.8 Å². The van der Waals surface area contributed by atoms with Crippen LogP contribution in [0.4, 0.5) is 0 Å². The molecule has 1 aliphatic rings. The number of benzene rings is 2. The van der Waals surface area contributed by atoms with Gasteiger partial charge in [-0.2, -0.15) is 0 Å². The molecule has 0 nitrogen and oxygen atoms in total. The van der Waals surface area contributed by atoms with Gasteiger partial charge in [-0.25, -0.2) is 0 Å². The van der Waals surface area contributed by atoms with Gasteiger partial charge in [0, 0.05) is 0 Å². The SMILES string of the molecule is C[Si]1(C)CC(c2ccccc2)=C(c2ccccc2)C1. The van der Waals surface area contributed by atoms with E-state index in [1.165, 1.54) is 23.2 Å². The van der Waals surface area contributed by atoms with Gasteiger partial charge < -0.3 is 0 Å². The van der Waals surface area contributed by atoms with E-state index >= 15 is 0 Å². The Hall–Kier alpha value is -1.60. The van der Waals surface area contributed by atoms with Gasteiger partial charge in [0.15, 0.2) is 0 Å². The van der Waals surface area contributed by atoms with E-state index in [1.807, 2.05) is 0 Å². The van der Waals surface area contributed by atoms with E-state index in [-0.39, 0.29) is 0 Å². The summed E-state index contributed by atoms with van der Waals surface area (Å²) < 4.78 is 0. The van der Waals surface area contributed by atoms with Crippen molar-refractivity contribution in [2.45, 2.75) is 25.2 Å². The maximum atomic E-state index is 2.51. The fourth-order valence-electron chi connectivity index (χ4n) is 3.06. The van der Waals surface area contributed by atoms with E-state index < -0.39 is 8.07 Å². The maximum Gasteiger partial charge on any atom is 0.0561 e. The van der Waals surface area contributed by atoms with Gasteiger partial charge in [0.25, 0.3) is 0 Å². The van der Waals surface area contributed by atoms with Gasteiger partial charge >= 0.3 is 0 Å². The quantitative estimate of drug-likeness (QED) is 0.644. The molecule has 0 saturated heterocycles. The summed E-state index contributed by atoms with van der Waals surface area (Å²) in [7, 11) is -1.11. The molecule has 0 fully saturated rings. The Kier molecular flexibility index (Phi) is 3.15. The van der Waals surface area contributed by atoms with Crippen molar-refractivity contribution in [3.8, 4) is 0 Å². The number of hydrogen-bond acceptors (Lipinski definition) is 0. The van der Waals surface area contributed by atoms with Crippen LogP contribution in [0.5, 0.6) is 0 Å². The van der Waals surface area contributed by atoms with Gasteiger partial charge in [0.1, 0.15) is 0 Å². The fourth-order valence-corrected chi connectivity index (χ4v) is 5.94. The highest BCUT2D eigenvalue weighted by molar-refractivity contribution is 6.82. The number of rotatable bonds is 2. The predicted octanol–water partition coefficient (Wildman–Crippen LogP) is 5.32. The third-order valence-electron chi connectivity index (χ3n) is 3.92. The Morgan fingerprint density at radius 1 is 0.632 bits per heavy atom. The molecule has 3 rings (SSSR count). The second-order valence-electron chi connectivity index (χ2n) is 6.21. The molecule has 19 heavy (non-hydrogen) atoms. The highest BCUT2D eigenvalue weighted by atomic mass is 28.3. The minimum Gasteiger partial charge on any atom is -0.0689 e. The Morgan fingerprint density at radius 2 is 1.00 bits per heavy atom. The molecule has 0 bridgehead atoms. The molecule has 0 unspecified atom stereocenters. The summed E-state index contributed by atoms with van der Waals surface area (Å²) in [6.45, 7) is 5.01. The smallest absolute Gasteiger partial charge is 0.0561 e. The minimum atomic E-state index is -1.11. The van der Waals surface area contributed by atoms with E-state index in [9.17, 15) is 0 Å². The van der Waals surface area contributed by atoms with Crippen LogP contribution in [-0.4, -0.2) is 8.07 Å². The van der Waals surface area contributed by atoms with Crippen molar-refractivity contribution in [1.82, 2.24) is 0 Å². The second-order valence-corrected chi connectivity index (χ2v) is 11.2. The van der Waals surface area contributed by atoms with Crippen LogP contribution in [0.15, 0.2) is 60.7 Å². The molecule has 0 aromatic heterocycles. The van der Waals surface area contributed by atoms with Crippen LogP contribution in [-0.2, 0) is 0 Å². The number of allylic oxidation sites excluding steroid dienone is 2. The Morgan fingerprint density at radius 3 is 1.37 bits per heavy atom. The van der Waals surface area contributed by atoms with Gasteiger partial charge in [-0.1, -0.05) is 73.8 Å². The molecule has 0 radical (unpaired) electrons. The highest BCUT2D eigenvalue weighted by Crippen LogP contribution is 2.45. The van der Waals surface area contributed by atoms with E-state index in [0.717, 1.165) is 0 Å². The molecule has 2 aromatic rings. The minimum absolute atomic E-state index is 1.11. The summed E-state index contributed by atoms with van der Waals surface area (Å²) in [4.78, 5) is 0. The molecule has 1 aliphatic heterocycles. The van der Waals surface area contributed by atoms with Crippen LogP contribution in [0, 0.1) is 0 Å². The van der Waals surface area contributed by atoms with Crippen molar-refractivity contribution in [2.75, 3.05) is 0 Å². The first-order valence-electron chi connectivity index (χ1n) is 6.99. The summed E-state index contributed by atoms with van der Waals surface area (Å²) in [6.07, 6.45) is 0. The topological polar surface area (TPSA) is 0 Å². The summed E-state index contributed by atoms with van der Waals surface area (Å²) >= 11 is 0. The maximum absolute atomic E-state index is 2.51. The molecule has 0 atom stereocenters. The first-order chi connectivity index (χ1) is 9.16. The van der Waals surface area contributed by atoms with Gasteiger partial charge in [0.2, 0.25) is 0 Å². The molecule has 1 heterocycles. The van der Waals surface area contributed by atoms with Gasteiger partial charge in [-0.05, 0) is 34.4 Å². The zero-order valence-corrected chi connectivity index (χ0v) is 12.7. The van der Waals surface area contributed by atoms with Crippen LogP contribution in [0.1, 0.15) is 11.1 Å². The van der Waals surface area contributed by atoms with E-state index in [1.54, 1.807) is 11.1 Å². The molecule has 0 aliphatic carbocycles. The molecule has 1 heteroatoms. The zero-order valence-electron chi connectivity index (χ0n) is 11.7. The van der Waals surface area contributed by atoms with Crippen LogP contribution in [0.2, 0.25) is 25.2 Å². The van der Waals surface area contributed by atoms with Crippen LogP contribution in [0.25, 0.3) is 11.1 Å². The van der Waals surface area contributed by atoms with Crippen LogP contribution >= 0.6 is 0 Å². The van der Waals surface area contributed by atoms with Gasteiger partial charge in [0.05, 0.1) is 8.07 Å². The number of hydrogen-bond donors (Lipinski definition) is 0. The summed E-state index contributed by atoms with van der Waals surface area (Å²) in [6, 6.07) is 24.5. The molecule has 0 spiro atoms. The monoisotopic (exact) mass is 264 g/mol. The van der Waals surface area contributed by atoms with E-state index in [0.29, 0.717) is 0 Å². The normalized spacial score (nSPS) is 17.8. The fraction of sp³-hybridized carbons (Fsp3) is 0.222. The van der Waals surface area contributed by atoms with Crippen molar-refractivity contribution in [2.24, 2.45) is 0 Å². The van der Waals surface area contributed by atoms with Crippen molar-refractivity contribution in [3.63, 3.8) is 0 Å². The molecule has 0 amide bonds. The third kappa shape index (κ3) is 2.57. The summed E-state index contributed by atoms with van der Waals surface area (Å²) in [5.74, 6) is 0. The lowest BCUT2D eigenvalue weighted by Crippen LogP contribution is -2.20. The Bertz CT molecular complexity index is 541. The van der Waals surface area contributed by atoms with Crippen LogP contribution < -0.4 is 0 Å². The summed E-state index contributed by atoms with van der Waals surface area (Å²) in [5.41, 5.74) is 6.01. The Labute approximate surface area is 116 Å². The average molecular weight is 264 g/mol. The molecular weight excluding hydrogens is 244 g/mol. The second kappa shape index (κ2) is 4.82. The first-order valence-corrected chi connectivity index (χ1v) is 10.4. The lowest BCUT2D eigenvalue weighted by Gasteiger charge is -2.14. The zero-order chi connectivity index (χ0) is 13.3. The average Bonchev–Trinajstić information content (AvgIpc) is 2.77. The predicted molar refractivity (Wildman–Crippen MR) is 86.8 cm³/mol. The Balaban J connectivity index is 2.11.